The number of ether oxygens (including phenoxy) is 1. The van der Waals surface area contributed by atoms with E-state index < -0.39 is 27.9 Å². The average molecular weight is 517 g/mol. The normalized spacial score (nSPS) is 12.3. The van der Waals surface area contributed by atoms with Crippen molar-refractivity contribution in [3.8, 4) is 0 Å². The molecule has 4 rings (SSSR count). The number of carbonyl (C=O) groups excluding carboxylic acids is 1. The molecule has 10 heteroatoms. The van der Waals surface area contributed by atoms with Gasteiger partial charge in [0.1, 0.15) is 5.69 Å². The van der Waals surface area contributed by atoms with Crippen LogP contribution < -0.4 is 0 Å². The molecule has 4 aromatic rings. The molecule has 0 unspecified atom stereocenters. The zero-order chi connectivity index (χ0) is 26.3. The molecule has 0 radical (unpaired) electrons. The maximum Gasteiger partial charge on any atom is 0.433 e. The minimum atomic E-state index is -4.67. The van der Waals surface area contributed by atoms with Crippen LogP contribution in [0.2, 0.25) is 0 Å². The van der Waals surface area contributed by atoms with Crippen molar-refractivity contribution in [2.75, 3.05) is 7.11 Å². The lowest BCUT2D eigenvalue weighted by molar-refractivity contribution is -0.141. The van der Waals surface area contributed by atoms with Crippen LogP contribution in [0.3, 0.4) is 0 Å². The van der Waals surface area contributed by atoms with Gasteiger partial charge >= 0.3 is 12.1 Å². The van der Waals surface area contributed by atoms with Gasteiger partial charge in [0.25, 0.3) is 10.0 Å². The second kappa shape index (κ2) is 9.42. The molecular formula is C26H23F3N2O4S. The number of pyridine rings is 1. The van der Waals surface area contributed by atoms with Crippen LogP contribution in [-0.4, -0.2) is 30.5 Å². The summed E-state index contributed by atoms with van der Waals surface area (Å²) in [6.07, 6.45) is -3.66. The molecule has 0 saturated heterocycles. The molecule has 0 fully saturated rings. The quantitative estimate of drug-likeness (QED) is 0.303. The third-order valence-electron chi connectivity index (χ3n) is 5.85. The first-order chi connectivity index (χ1) is 16.9. The lowest BCUT2D eigenvalue weighted by Crippen LogP contribution is -2.16. The number of esters is 1. The second-order valence-corrected chi connectivity index (χ2v) is 10.4. The van der Waals surface area contributed by atoms with Crippen molar-refractivity contribution in [2.24, 2.45) is 0 Å². The molecule has 0 atom stereocenters. The van der Waals surface area contributed by atoms with Gasteiger partial charge in [0.15, 0.2) is 0 Å². The summed E-state index contributed by atoms with van der Waals surface area (Å²) < 4.78 is 73.0. The summed E-state index contributed by atoms with van der Waals surface area (Å²) in [7, 11) is -2.91. The molecule has 2 heterocycles. The Kier molecular flexibility index (Phi) is 6.66. The second-order valence-electron chi connectivity index (χ2n) is 8.62. The number of carbonyl (C=O) groups is 1. The van der Waals surface area contributed by atoms with Gasteiger partial charge in [0.05, 0.1) is 29.3 Å². The van der Waals surface area contributed by atoms with Crippen LogP contribution in [0.25, 0.3) is 10.9 Å². The number of alkyl halides is 3. The van der Waals surface area contributed by atoms with Crippen molar-refractivity contribution in [1.82, 2.24) is 8.96 Å². The molecule has 2 aromatic heterocycles. The van der Waals surface area contributed by atoms with Gasteiger partial charge in [-0.2, -0.15) is 13.2 Å². The molecule has 0 aliphatic carbocycles. The topological polar surface area (TPSA) is 78.3 Å². The Labute approximate surface area is 206 Å². The van der Waals surface area contributed by atoms with E-state index >= 15 is 0 Å². The van der Waals surface area contributed by atoms with Crippen LogP contribution in [0.4, 0.5) is 13.2 Å². The third kappa shape index (κ3) is 4.86. The number of hydrogen-bond donors (Lipinski definition) is 0. The Morgan fingerprint density at radius 1 is 1.03 bits per heavy atom. The van der Waals surface area contributed by atoms with Crippen LogP contribution in [0.1, 0.15) is 52.6 Å². The maximum atomic E-state index is 13.7. The number of fused-ring (bicyclic) bond motifs is 1. The van der Waals surface area contributed by atoms with E-state index in [-0.39, 0.29) is 33.8 Å². The van der Waals surface area contributed by atoms with E-state index in [1.165, 1.54) is 37.4 Å². The first-order valence-electron chi connectivity index (χ1n) is 11.0. The fourth-order valence-corrected chi connectivity index (χ4v) is 5.45. The van der Waals surface area contributed by atoms with E-state index in [4.69, 9.17) is 0 Å². The van der Waals surface area contributed by atoms with Gasteiger partial charge in [-0.1, -0.05) is 38.1 Å². The number of halogens is 3. The lowest BCUT2D eigenvalue weighted by atomic mass is 10.0. The summed E-state index contributed by atoms with van der Waals surface area (Å²) in [5, 5.41) is 0.0980. The van der Waals surface area contributed by atoms with Crippen molar-refractivity contribution in [2.45, 2.75) is 37.3 Å². The number of aromatic nitrogens is 2. The van der Waals surface area contributed by atoms with E-state index in [9.17, 15) is 26.4 Å². The highest BCUT2D eigenvalue weighted by Gasteiger charge is 2.33. The monoisotopic (exact) mass is 516 g/mol. The standard InChI is InChI=1S/C26H23F3N2O4S/c1-16(2)18-8-10-22(11-9-18)36(33,34)31-21(12-17-4-6-19(7-5-17)25(32)35-3)13-20-14-24(26(27,28)29)30-15-23(20)31/h4-11,13-16H,12H2,1-3H3. The summed E-state index contributed by atoms with van der Waals surface area (Å²) in [4.78, 5) is 15.2. The number of hydrogen-bond acceptors (Lipinski definition) is 5. The first-order valence-corrected chi connectivity index (χ1v) is 12.5. The molecule has 0 bridgehead atoms. The SMILES string of the molecule is COC(=O)c1ccc(Cc2cc3cc(C(F)(F)F)ncc3n2S(=O)(=O)c2ccc(C(C)C)cc2)cc1. The summed E-state index contributed by atoms with van der Waals surface area (Å²) in [6.45, 7) is 3.97. The van der Waals surface area contributed by atoms with Crippen LogP contribution in [0.5, 0.6) is 0 Å². The fourth-order valence-electron chi connectivity index (χ4n) is 3.92. The fraction of sp³-hybridized carbons (Fsp3) is 0.231. The summed E-state index contributed by atoms with van der Waals surface area (Å²) in [6, 6.07) is 15.0. The highest BCUT2D eigenvalue weighted by atomic mass is 32.2. The predicted octanol–water partition coefficient (Wildman–Crippen LogP) is 5.79. The van der Waals surface area contributed by atoms with E-state index in [1.54, 1.807) is 24.3 Å². The minimum absolute atomic E-state index is 0.00610. The van der Waals surface area contributed by atoms with Gasteiger partial charge in [-0.3, -0.25) is 0 Å². The third-order valence-corrected chi connectivity index (χ3v) is 7.63. The number of nitrogens with zero attached hydrogens (tertiary/aromatic N) is 2. The van der Waals surface area contributed by atoms with Gasteiger partial charge in [-0.05, 0) is 53.4 Å². The Morgan fingerprint density at radius 2 is 1.67 bits per heavy atom. The average Bonchev–Trinajstić information content (AvgIpc) is 3.21. The molecule has 0 spiro atoms. The molecule has 0 saturated carbocycles. The van der Waals surface area contributed by atoms with E-state index in [0.717, 1.165) is 21.8 Å². The highest BCUT2D eigenvalue weighted by molar-refractivity contribution is 7.90. The van der Waals surface area contributed by atoms with Crippen LogP contribution >= 0.6 is 0 Å². The predicted molar refractivity (Wildman–Crippen MR) is 128 cm³/mol. The molecule has 188 valence electrons. The van der Waals surface area contributed by atoms with Gasteiger partial charge < -0.3 is 4.74 Å². The molecule has 6 nitrogen and oxygen atoms in total. The van der Waals surface area contributed by atoms with Crippen molar-refractivity contribution in [1.29, 1.82) is 0 Å². The zero-order valence-corrected chi connectivity index (χ0v) is 20.5. The van der Waals surface area contributed by atoms with Crippen LogP contribution in [-0.2, 0) is 27.4 Å². The Bertz CT molecular complexity index is 1520. The molecule has 0 aliphatic rings. The lowest BCUT2D eigenvalue weighted by Gasteiger charge is -2.14. The summed E-state index contributed by atoms with van der Waals surface area (Å²) in [5.41, 5.74) is 1.11. The molecule has 2 aromatic carbocycles. The van der Waals surface area contributed by atoms with Gasteiger partial charge in [-0.25, -0.2) is 22.2 Å². The maximum absolute atomic E-state index is 13.7. The van der Waals surface area contributed by atoms with Crippen molar-refractivity contribution < 1.29 is 31.1 Å². The Morgan fingerprint density at radius 3 is 2.22 bits per heavy atom. The number of methoxy groups -OCH3 is 1. The zero-order valence-electron chi connectivity index (χ0n) is 19.7. The van der Waals surface area contributed by atoms with Crippen molar-refractivity contribution in [3.63, 3.8) is 0 Å². The molecule has 0 N–H and O–H groups in total. The summed E-state index contributed by atoms with van der Waals surface area (Å²) >= 11 is 0. The highest BCUT2D eigenvalue weighted by Crippen LogP contribution is 2.33. The van der Waals surface area contributed by atoms with E-state index in [1.807, 2.05) is 13.8 Å². The number of rotatable bonds is 6. The van der Waals surface area contributed by atoms with Crippen LogP contribution in [0.15, 0.2) is 71.8 Å². The first kappa shape index (κ1) is 25.4. The van der Waals surface area contributed by atoms with E-state index in [2.05, 4.69) is 9.72 Å². The molecular weight excluding hydrogens is 493 g/mol. The van der Waals surface area contributed by atoms with Gasteiger partial charge in [0, 0.05) is 17.5 Å². The minimum Gasteiger partial charge on any atom is -0.465 e. The Hall–Kier alpha value is -3.66. The number of benzene rings is 2. The van der Waals surface area contributed by atoms with Crippen LogP contribution in [0, 0.1) is 0 Å². The molecule has 36 heavy (non-hydrogen) atoms. The summed E-state index contributed by atoms with van der Waals surface area (Å²) in [5.74, 6) is -0.323. The van der Waals surface area contributed by atoms with E-state index in [0.29, 0.717) is 11.1 Å². The Balaban J connectivity index is 1.86. The molecule has 0 aliphatic heterocycles. The van der Waals surface area contributed by atoms with Crippen molar-refractivity contribution >= 4 is 26.9 Å². The smallest absolute Gasteiger partial charge is 0.433 e. The molecule has 0 amide bonds. The van der Waals surface area contributed by atoms with Gasteiger partial charge in [0.2, 0.25) is 0 Å². The van der Waals surface area contributed by atoms with Crippen molar-refractivity contribution in [3.05, 3.63) is 94.9 Å². The largest absolute Gasteiger partial charge is 0.465 e. The van der Waals surface area contributed by atoms with Gasteiger partial charge in [-0.15, -0.1) is 0 Å².